The maximum absolute atomic E-state index is 13.9. The Morgan fingerprint density at radius 3 is 2.30 bits per heavy atom. The summed E-state index contributed by atoms with van der Waals surface area (Å²) in [5, 5.41) is 8.85. The third kappa shape index (κ3) is 2.08. The first kappa shape index (κ1) is 12.8. The maximum Gasteiger partial charge on any atom is 0.247 e. The fourth-order valence-electron chi connectivity index (χ4n) is 2.93. The molecule has 2 aromatic carbocycles. The summed E-state index contributed by atoms with van der Waals surface area (Å²) in [4.78, 5) is 11.8. The average molecular weight is 271 g/mol. The fraction of sp³-hybridized carbons (Fsp3) is 0.188. The predicted octanol–water partition coefficient (Wildman–Crippen LogP) is 2.83. The molecular weight excluding hydrogens is 257 g/mol. The molecule has 2 aromatic rings. The van der Waals surface area contributed by atoms with Gasteiger partial charge in [0.1, 0.15) is 5.82 Å². The molecule has 0 heterocycles. The molecule has 2 N–H and O–H groups in total. The average Bonchev–Trinajstić information content (AvgIpc) is 3.23. The second kappa shape index (κ2) is 5.06. The summed E-state index contributed by atoms with van der Waals surface area (Å²) in [7, 11) is 0. The molecular formula is C16H14FNO2. The van der Waals surface area contributed by atoms with Crippen LogP contribution in [0.5, 0.6) is 0 Å². The second-order valence-electron chi connectivity index (χ2n) is 4.99. The topological polar surface area (TPSA) is 49.3 Å². The lowest BCUT2D eigenvalue weighted by Crippen LogP contribution is -2.21. The molecule has 3 rings (SSSR count). The van der Waals surface area contributed by atoms with Crippen molar-refractivity contribution in [3.8, 4) is 0 Å². The largest absolute Gasteiger partial charge is 0.289 e. The van der Waals surface area contributed by atoms with Crippen LogP contribution in [-0.2, 0) is 4.79 Å². The minimum atomic E-state index is -0.466. The van der Waals surface area contributed by atoms with E-state index in [1.54, 1.807) is 23.7 Å². The molecule has 0 spiro atoms. The van der Waals surface area contributed by atoms with Crippen LogP contribution in [0.4, 0.5) is 4.39 Å². The quantitative estimate of drug-likeness (QED) is 0.666. The summed E-state index contributed by atoms with van der Waals surface area (Å²) in [6, 6.07) is 16.0. The maximum atomic E-state index is 13.9. The molecule has 1 aliphatic rings. The lowest BCUT2D eigenvalue weighted by molar-refractivity contribution is -0.130. The van der Waals surface area contributed by atoms with E-state index >= 15 is 0 Å². The van der Waals surface area contributed by atoms with Crippen molar-refractivity contribution in [2.75, 3.05) is 0 Å². The number of amides is 1. The van der Waals surface area contributed by atoms with Gasteiger partial charge in [0, 0.05) is 11.8 Å². The van der Waals surface area contributed by atoms with Crippen LogP contribution in [0, 0.1) is 11.7 Å². The minimum absolute atomic E-state index is 0.0970. The number of rotatable bonds is 3. The van der Waals surface area contributed by atoms with Gasteiger partial charge in [0.2, 0.25) is 5.91 Å². The Kier molecular flexibility index (Phi) is 3.24. The summed E-state index contributed by atoms with van der Waals surface area (Å²) in [6.07, 6.45) is 0. The molecule has 1 amide bonds. The molecule has 3 atom stereocenters. The molecule has 1 saturated carbocycles. The van der Waals surface area contributed by atoms with Crippen LogP contribution in [0.3, 0.4) is 0 Å². The van der Waals surface area contributed by atoms with Crippen molar-refractivity contribution in [3.05, 3.63) is 71.5 Å². The SMILES string of the molecule is O=C(NO)[C@@H]1[C@H](c2ccccc2)[C@H]1c1ccccc1F. The standard InChI is InChI=1S/C16H14FNO2/c17-12-9-5-4-8-11(12)14-13(15(14)16(19)18-20)10-6-2-1-3-7-10/h1-9,13-15,20H,(H,18,19)/t13-,14-,15-/m1/s1. The summed E-state index contributed by atoms with van der Waals surface area (Å²) < 4.78 is 13.9. The molecule has 102 valence electrons. The van der Waals surface area contributed by atoms with Gasteiger partial charge in [-0.2, -0.15) is 0 Å². The van der Waals surface area contributed by atoms with Crippen LogP contribution in [0.15, 0.2) is 54.6 Å². The van der Waals surface area contributed by atoms with E-state index in [4.69, 9.17) is 5.21 Å². The van der Waals surface area contributed by atoms with E-state index in [2.05, 4.69) is 0 Å². The molecule has 1 fully saturated rings. The van der Waals surface area contributed by atoms with Crippen LogP contribution in [0.25, 0.3) is 0 Å². The molecule has 20 heavy (non-hydrogen) atoms. The number of hydroxylamine groups is 1. The first-order chi connectivity index (χ1) is 9.74. The Morgan fingerprint density at radius 2 is 1.65 bits per heavy atom. The van der Waals surface area contributed by atoms with Gasteiger partial charge in [-0.15, -0.1) is 0 Å². The van der Waals surface area contributed by atoms with E-state index in [1.807, 2.05) is 30.3 Å². The number of halogens is 1. The van der Waals surface area contributed by atoms with E-state index in [-0.39, 0.29) is 17.7 Å². The molecule has 4 heteroatoms. The van der Waals surface area contributed by atoms with Crippen molar-refractivity contribution in [1.82, 2.24) is 5.48 Å². The minimum Gasteiger partial charge on any atom is -0.289 e. The summed E-state index contributed by atoms with van der Waals surface area (Å²) >= 11 is 0. The highest BCUT2D eigenvalue weighted by Gasteiger charge is 2.56. The Hall–Kier alpha value is -2.20. The summed E-state index contributed by atoms with van der Waals surface area (Å²) in [6.45, 7) is 0. The van der Waals surface area contributed by atoms with Crippen molar-refractivity contribution in [2.24, 2.45) is 5.92 Å². The van der Waals surface area contributed by atoms with Crippen LogP contribution in [0.1, 0.15) is 23.0 Å². The Morgan fingerprint density at radius 1 is 1.00 bits per heavy atom. The van der Waals surface area contributed by atoms with Gasteiger partial charge in [-0.25, -0.2) is 9.87 Å². The normalized spacial score (nSPS) is 24.2. The molecule has 0 radical (unpaired) electrons. The van der Waals surface area contributed by atoms with E-state index in [1.165, 1.54) is 6.07 Å². The molecule has 1 aliphatic carbocycles. The Bertz CT molecular complexity index is 629. The van der Waals surface area contributed by atoms with Gasteiger partial charge in [0.25, 0.3) is 0 Å². The van der Waals surface area contributed by atoms with Gasteiger partial charge in [0.05, 0.1) is 5.92 Å². The van der Waals surface area contributed by atoms with Crippen LogP contribution < -0.4 is 5.48 Å². The highest BCUT2D eigenvalue weighted by atomic mass is 19.1. The molecule has 0 saturated heterocycles. The molecule has 0 aliphatic heterocycles. The highest BCUT2D eigenvalue weighted by molar-refractivity contribution is 5.84. The smallest absolute Gasteiger partial charge is 0.247 e. The van der Waals surface area contributed by atoms with Crippen molar-refractivity contribution >= 4 is 5.91 Å². The number of hydrogen-bond donors (Lipinski definition) is 2. The number of carbonyl (C=O) groups excluding carboxylic acids is 1. The van der Waals surface area contributed by atoms with Crippen LogP contribution in [-0.4, -0.2) is 11.1 Å². The highest BCUT2D eigenvalue weighted by Crippen LogP contribution is 2.60. The van der Waals surface area contributed by atoms with E-state index in [0.717, 1.165) is 5.56 Å². The third-order valence-electron chi connectivity index (χ3n) is 3.88. The van der Waals surface area contributed by atoms with Crippen molar-refractivity contribution < 1.29 is 14.4 Å². The zero-order valence-electron chi connectivity index (χ0n) is 10.7. The zero-order valence-corrected chi connectivity index (χ0v) is 10.7. The van der Waals surface area contributed by atoms with Gasteiger partial charge in [-0.05, 0) is 17.2 Å². The van der Waals surface area contributed by atoms with Gasteiger partial charge < -0.3 is 0 Å². The molecule has 3 nitrogen and oxygen atoms in total. The number of benzene rings is 2. The van der Waals surface area contributed by atoms with Crippen molar-refractivity contribution in [3.63, 3.8) is 0 Å². The lowest BCUT2D eigenvalue weighted by Gasteiger charge is -2.02. The van der Waals surface area contributed by atoms with Gasteiger partial charge >= 0.3 is 0 Å². The van der Waals surface area contributed by atoms with E-state index < -0.39 is 11.8 Å². The lowest BCUT2D eigenvalue weighted by atomic mass is 10.0. The first-order valence-corrected chi connectivity index (χ1v) is 6.47. The Balaban J connectivity index is 1.97. The fourth-order valence-corrected chi connectivity index (χ4v) is 2.93. The summed E-state index contributed by atoms with van der Waals surface area (Å²) in [5.41, 5.74) is 3.19. The Labute approximate surface area is 116 Å². The molecule has 0 unspecified atom stereocenters. The van der Waals surface area contributed by atoms with Crippen LogP contribution >= 0.6 is 0 Å². The predicted molar refractivity (Wildman–Crippen MR) is 71.7 cm³/mol. The van der Waals surface area contributed by atoms with Gasteiger partial charge in [0.15, 0.2) is 0 Å². The number of carbonyl (C=O) groups is 1. The van der Waals surface area contributed by atoms with E-state index in [0.29, 0.717) is 5.56 Å². The molecule has 0 bridgehead atoms. The van der Waals surface area contributed by atoms with Gasteiger partial charge in [-0.3, -0.25) is 10.0 Å². The van der Waals surface area contributed by atoms with E-state index in [9.17, 15) is 9.18 Å². The zero-order chi connectivity index (χ0) is 14.1. The number of hydrogen-bond acceptors (Lipinski definition) is 2. The number of nitrogens with one attached hydrogen (secondary N) is 1. The van der Waals surface area contributed by atoms with Crippen LogP contribution in [0.2, 0.25) is 0 Å². The van der Waals surface area contributed by atoms with Crippen molar-refractivity contribution in [1.29, 1.82) is 0 Å². The monoisotopic (exact) mass is 271 g/mol. The summed E-state index contributed by atoms with van der Waals surface area (Å²) in [5.74, 6) is -1.54. The first-order valence-electron chi connectivity index (χ1n) is 6.47. The van der Waals surface area contributed by atoms with Gasteiger partial charge in [-0.1, -0.05) is 48.5 Å². The van der Waals surface area contributed by atoms with Crippen molar-refractivity contribution in [2.45, 2.75) is 11.8 Å². The second-order valence-corrected chi connectivity index (χ2v) is 4.99. The molecule has 0 aromatic heterocycles. The third-order valence-corrected chi connectivity index (χ3v) is 3.88.